The van der Waals surface area contributed by atoms with Crippen LogP contribution in [0.3, 0.4) is 0 Å². The van der Waals surface area contributed by atoms with Gasteiger partial charge in [-0.1, -0.05) is 36.8 Å². The van der Waals surface area contributed by atoms with E-state index in [0.29, 0.717) is 17.9 Å². The highest BCUT2D eigenvalue weighted by molar-refractivity contribution is 5.27. The molecule has 16 heavy (non-hydrogen) atoms. The van der Waals surface area contributed by atoms with Crippen LogP contribution in [0.5, 0.6) is 5.75 Å². The van der Waals surface area contributed by atoms with Gasteiger partial charge in [0.2, 0.25) is 0 Å². The summed E-state index contributed by atoms with van der Waals surface area (Å²) < 4.78 is 6.13. The summed E-state index contributed by atoms with van der Waals surface area (Å²) in [6, 6.07) is 8.39. The summed E-state index contributed by atoms with van der Waals surface area (Å²) in [4.78, 5) is 0. The van der Waals surface area contributed by atoms with Crippen LogP contribution >= 0.6 is 0 Å². The standard InChI is InChI=1S/C15H18O/c1-10-3-7-14(8-4-10)16-15-11(2)12-5-6-13(15)9-12/h3-8,11-13,15H,9H2,1-2H3/t11-,12-,13+,15-/m0/s1. The smallest absolute Gasteiger partial charge is 0.119 e. The van der Waals surface area contributed by atoms with Gasteiger partial charge in [0.1, 0.15) is 11.9 Å². The predicted octanol–water partition coefficient (Wildman–Crippen LogP) is 3.58. The number of benzene rings is 1. The number of rotatable bonds is 2. The Bertz CT molecular complexity index is 404. The molecule has 4 atom stereocenters. The molecule has 3 rings (SSSR count). The van der Waals surface area contributed by atoms with Gasteiger partial charge in [-0.05, 0) is 37.3 Å². The van der Waals surface area contributed by atoms with Gasteiger partial charge in [-0.25, -0.2) is 0 Å². The van der Waals surface area contributed by atoms with Crippen molar-refractivity contribution in [2.45, 2.75) is 26.4 Å². The van der Waals surface area contributed by atoms with Gasteiger partial charge in [0, 0.05) is 5.92 Å². The van der Waals surface area contributed by atoms with E-state index in [9.17, 15) is 0 Å². The fourth-order valence-electron chi connectivity index (χ4n) is 2.99. The Balaban J connectivity index is 1.76. The molecular formula is C15H18O. The molecule has 1 aromatic rings. The fraction of sp³-hybridized carbons (Fsp3) is 0.467. The van der Waals surface area contributed by atoms with E-state index in [2.05, 4.69) is 50.3 Å². The van der Waals surface area contributed by atoms with Crippen molar-refractivity contribution in [3.8, 4) is 5.75 Å². The number of hydrogen-bond donors (Lipinski definition) is 0. The molecule has 0 aliphatic heterocycles. The van der Waals surface area contributed by atoms with Crippen LogP contribution in [0.1, 0.15) is 18.9 Å². The molecular weight excluding hydrogens is 196 g/mol. The molecule has 1 aromatic carbocycles. The molecule has 2 aliphatic rings. The molecule has 2 aliphatic carbocycles. The number of ether oxygens (including phenoxy) is 1. The molecule has 0 unspecified atom stereocenters. The van der Waals surface area contributed by atoms with Gasteiger partial charge in [-0.15, -0.1) is 0 Å². The molecule has 0 radical (unpaired) electrons. The van der Waals surface area contributed by atoms with Crippen LogP contribution in [-0.4, -0.2) is 6.10 Å². The number of hydrogen-bond acceptors (Lipinski definition) is 1. The molecule has 0 N–H and O–H groups in total. The highest BCUT2D eigenvalue weighted by Gasteiger charge is 2.43. The molecule has 0 heterocycles. The maximum Gasteiger partial charge on any atom is 0.119 e. The summed E-state index contributed by atoms with van der Waals surface area (Å²) in [7, 11) is 0. The Hall–Kier alpha value is -1.24. The third-order valence-corrected chi connectivity index (χ3v) is 4.06. The Kier molecular flexibility index (Phi) is 2.27. The lowest BCUT2D eigenvalue weighted by Crippen LogP contribution is -2.28. The number of fused-ring (bicyclic) bond motifs is 2. The van der Waals surface area contributed by atoms with E-state index in [-0.39, 0.29) is 0 Å². The molecule has 1 saturated carbocycles. The maximum absolute atomic E-state index is 6.13. The summed E-state index contributed by atoms with van der Waals surface area (Å²) >= 11 is 0. The summed E-state index contributed by atoms with van der Waals surface area (Å²) in [6.07, 6.45) is 6.38. The first-order chi connectivity index (χ1) is 7.74. The zero-order chi connectivity index (χ0) is 11.1. The van der Waals surface area contributed by atoms with Crippen LogP contribution in [0, 0.1) is 24.7 Å². The van der Waals surface area contributed by atoms with Crippen LogP contribution in [0.25, 0.3) is 0 Å². The van der Waals surface area contributed by atoms with Gasteiger partial charge in [0.15, 0.2) is 0 Å². The second-order valence-electron chi connectivity index (χ2n) is 5.20. The first-order valence-corrected chi connectivity index (χ1v) is 6.16. The lowest BCUT2D eigenvalue weighted by Gasteiger charge is -2.25. The normalized spacial score (nSPS) is 35.6. The summed E-state index contributed by atoms with van der Waals surface area (Å²) in [5.41, 5.74) is 1.29. The largest absolute Gasteiger partial charge is 0.490 e. The quantitative estimate of drug-likeness (QED) is 0.684. The van der Waals surface area contributed by atoms with Crippen molar-refractivity contribution in [3.63, 3.8) is 0 Å². The van der Waals surface area contributed by atoms with Crippen molar-refractivity contribution in [2.24, 2.45) is 17.8 Å². The van der Waals surface area contributed by atoms with E-state index in [4.69, 9.17) is 4.74 Å². The summed E-state index contributed by atoms with van der Waals surface area (Å²) in [5, 5.41) is 0. The number of allylic oxidation sites excluding steroid dienone is 1. The van der Waals surface area contributed by atoms with Crippen LogP contribution in [0.2, 0.25) is 0 Å². The van der Waals surface area contributed by atoms with E-state index in [1.165, 1.54) is 12.0 Å². The molecule has 0 aromatic heterocycles. The molecule has 0 saturated heterocycles. The van der Waals surface area contributed by atoms with Gasteiger partial charge >= 0.3 is 0 Å². The average molecular weight is 214 g/mol. The summed E-state index contributed by atoms with van der Waals surface area (Å²) in [5.74, 6) is 3.07. The van der Waals surface area contributed by atoms with Gasteiger partial charge in [0.05, 0.1) is 0 Å². The van der Waals surface area contributed by atoms with Crippen LogP contribution in [-0.2, 0) is 0 Å². The maximum atomic E-state index is 6.13. The highest BCUT2D eigenvalue weighted by Crippen LogP contribution is 2.45. The second-order valence-corrected chi connectivity index (χ2v) is 5.20. The topological polar surface area (TPSA) is 9.23 Å². The Labute approximate surface area is 97.1 Å². The first-order valence-electron chi connectivity index (χ1n) is 6.16. The zero-order valence-electron chi connectivity index (χ0n) is 9.89. The van der Waals surface area contributed by atoms with Crippen molar-refractivity contribution in [3.05, 3.63) is 42.0 Å². The van der Waals surface area contributed by atoms with E-state index in [1.54, 1.807) is 0 Å². The monoisotopic (exact) mass is 214 g/mol. The SMILES string of the molecule is Cc1ccc(O[C@H]2[C@@H](C)[C@H]3C=C[C@@H]2C3)cc1. The van der Waals surface area contributed by atoms with Crippen molar-refractivity contribution >= 4 is 0 Å². The minimum atomic E-state index is 0.387. The lowest BCUT2D eigenvalue weighted by molar-refractivity contribution is 0.130. The minimum absolute atomic E-state index is 0.387. The third-order valence-electron chi connectivity index (χ3n) is 4.06. The zero-order valence-corrected chi connectivity index (χ0v) is 9.89. The number of aryl methyl sites for hydroxylation is 1. The van der Waals surface area contributed by atoms with Gasteiger partial charge in [-0.2, -0.15) is 0 Å². The van der Waals surface area contributed by atoms with Crippen molar-refractivity contribution in [2.75, 3.05) is 0 Å². The van der Waals surface area contributed by atoms with Crippen LogP contribution in [0.4, 0.5) is 0 Å². The minimum Gasteiger partial charge on any atom is -0.490 e. The van der Waals surface area contributed by atoms with Crippen molar-refractivity contribution in [1.29, 1.82) is 0 Å². The predicted molar refractivity (Wildman–Crippen MR) is 65.5 cm³/mol. The molecule has 1 nitrogen and oxygen atoms in total. The second kappa shape index (κ2) is 3.65. The van der Waals surface area contributed by atoms with Crippen molar-refractivity contribution in [1.82, 2.24) is 0 Å². The summed E-state index contributed by atoms with van der Waals surface area (Å²) in [6.45, 7) is 4.42. The third kappa shape index (κ3) is 1.55. The van der Waals surface area contributed by atoms with E-state index in [1.807, 2.05) is 0 Å². The Morgan fingerprint density at radius 1 is 1.06 bits per heavy atom. The Morgan fingerprint density at radius 2 is 1.75 bits per heavy atom. The van der Waals surface area contributed by atoms with E-state index in [0.717, 1.165) is 11.7 Å². The molecule has 84 valence electrons. The van der Waals surface area contributed by atoms with Gasteiger partial charge in [0.25, 0.3) is 0 Å². The molecule has 1 heteroatoms. The molecule has 0 spiro atoms. The lowest BCUT2D eigenvalue weighted by atomic mass is 9.93. The van der Waals surface area contributed by atoms with Crippen LogP contribution in [0.15, 0.2) is 36.4 Å². The fourth-order valence-corrected chi connectivity index (χ4v) is 2.99. The molecule has 0 amide bonds. The Morgan fingerprint density at radius 3 is 2.38 bits per heavy atom. The van der Waals surface area contributed by atoms with Gasteiger partial charge < -0.3 is 4.74 Å². The first kappa shape index (κ1) is 9.95. The van der Waals surface area contributed by atoms with E-state index < -0.39 is 0 Å². The van der Waals surface area contributed by atoms with Crippen molar-refractivity contribution < 1.29 is 4.74 Å². The average Bonchev–Trinajstić information content (AvgIpc) is 2.85. The van der Waals surface area contributed by atoms with Crippen LogP contribution < -0.4 is 4.74 Å². The van der Waals surface area contributed by atoms with E-state index >= 15 is 0 Å². The highest BCUT2D eigenvalue weighted by atomic mass is 16.5. The van der Waals surface area contributed by atoms with Gasteiger partial charge in [-0.3, -0.25) is 0 Å². The molecule has 1 fully saturated rings. The molecule has 2 bridgehead atoms.